The molecule has 1 aromatic carbocycles. The molecule has 0 spiro atoms. The van der Waals surface area contributed by atoms with Gasteiger partial charge in [0.2, 0.25) is 0 Å². The van der Waals surface area contributed by atoms with Gasteiger partial charge in [0.1, 0.15) is 0 Å². The van der Waals surface area contributed by atoms with Crippen molar-refractivity contribution in [3.63, 3.8) is 0 Å². The van der Waals surface area contributed by atoms with Crippen molar-refractivity contribution in [2.45, 2.75) is 33.0 Å². The minimum atomic E-state index is -0.322. The molecule has 0 fully saturated rings. The second-order valence-corrected chi connectivity index (χ2v) is 5.70. The van der Waals surface area contributed by atoms with E-state index in [9.17, 15) is 9.59 Å². The number of nitrogens with one attached hydrogen (secondary N) is 3. The van der Waals surface area contributed by atoms with E-state index in [1.807, 2.05) is 30.8 Å². The third-order valence-electron chi connectivity index (χ3n) is 3.72. The van der Waals surface area contributed by atoms with E-state index in [2.05, 4.69) is 21.0 Å². The van der Waals surface area contributed by atoms with Gasteiger partial charge in [-0.3, -0.25) is 9.48 Å². The van der Waals surface area contributed by atoms with Crippen molar-refractivity contribution in [2.24, 2.45) is 0 Å². The molecule has 2 heterocycles. The summed E-state index contributed by atoms with van der Waals surface area (Å²) in [6.45, 7) is 4.87. The van der Waals surface area contributed by atoms with Crippen LogP contribution in [0.2, 0.25) is 0 Å². The molecule has 0 bridgehead atoms. The number of carbonyl (C=O) groups excluding carboxylic acids is 2. The van der Waals surface area contributed by atoms with Crippen molar-refractivity contribution < 1.29 is 9.59 Å². The fourth-order valence-corrected chi connectivity index (χ4v) is 2.47. The van der Waals surface area contributed by atoms with E-state index in [0.29, 0.717) is 24.3 Å². The second-order valence-electron chi connectivity index (χ2n) is 5.70. The fraction of sp³-hybridized carbons (Fsp3) is 0.312. The maximum Gasteiger partial charge on any atom is 0.319 e. The molecule has 0 unspecified atom stereocenters. The van der Waals surface area contributed by atoms with Gasteiger partial charge in [-0.05, 0) is 32.0 Å². The standard InChI is InChI=1S/C16H19N5O2/c1-10(2)21-7-6-11(20-21)8-18-16(23)19-14-5-3-4-12-13(14)9-17-15(12)22/h3-7,10H,8-9H2,1-2H3,(H,17,22)(H2,18,19,23). The summed E-state index contributed by atoms with van der Waals surface area (Å²) in [6, 6.07) is 7.13. The molecule has 0 aliphatic carbocycles. The molecule has 7 heteroatoms. The third kappa shape index (κ3) is 3.18. The highest BCUT2D eigenvalue weighted by atomic mass is 16.2. The Morgan fingerprint density at radius 1 is 1.39 bits per heavy atom. The highest BCUT2D eigenvalue weighted by Gasteiger charge is 2.21. The normalized spacial score (nSPS) is 12.9. The van der Waals surface area contributed by atoms with Crippen molar-refractivity contribution in [2.75, 3.05) is 5.32 Å². The number of fused-ring (bicyclic) bond motifs is 1. The summed E-state index contributed by atoms with van der Waals surface area (Å²) in [5.41, 5.74) is 2.87. The van der Waals surface area contributed by atoms with Crippen LogP contribution in [-0.2, 0) is 13.1 Å². The van der Waals surface area contributed by atoms with Gasteiger partial charge in [-0.1, -0.05) is 6.07 Å². The quantitative estimate of drug-likeness (QED) is 0.807. The van der Waals surface area contributed by atoms with Crippen LogP contribution in [0.4, 0.5) is 10.5 Å². The number of carbonyl (C=O) groups is 2. The van der Waals surface area contributed by atoms with E-state index in [1.54, 1.807) is 18.2 Å². The molecule has 3 N–H and O–H groups in total. The summed E-state index contributed by atoms with van der Waals surface area (Å²) >= 11 is 0. The maximum atomic E-state index is 12.0. The Morgan fingerprint density at radius 3 is 2.96 bits per heavy atom. The van der Waals surface area contributed by atoms with Gasteiger partial charge in [0.25, 0.3) is 5.91 Å². The number of aromatic nitrogens is 2. The fourth-order valence-electron chi connectivity index (χ4n) is 2.47. The molecular formula is C16H19N5O2. The summed E-state index contributed by atoms with van der Waals surface area (Å²) < 4.78 is 1.84. The lowest BCUT2D eigenvalue weighted by Crippen LogP contribution is -2.28. The van der Waals surface area contributed by atoms with E-state index < -0.39 is 0 Å². The molecule has 0 saturated carbocycles. The van der Waals surface area contributed by atoms with E-state index in [-0.39, 0.29) is 18.0 Å². The Labute approximate surface area is 134 Å². The van der Waals surface area contributed by atoms with E-state index in [0.717, 1.165) is 11.3 Å². The van der Waals surface area contributed by atoms with E-state index in [4.69, 9.17) is 0 Å². The van der Waals surface area contributed by atoms with Gasteiger partial charge in [-0.2, -0.15) is 5.10 Å². The average Bonchev–Trinajstić information content (AvgIpc) is 3.14. The zero-order valence-corrected chi connectivity index (χ0v) is 13.1. The van der Waals surface area contributed by atoms with Crippen molar-refractivity contribution in [3.8, 4) is 0 Å². The summed E-state index contributed by atoms with van der Waals surface area (Å²) in [4.78, 5) is 23.7. The Kier molecular flexibility index (Phi) is 4.01. The molecule has 3 amide bonds. The number of amides is 3. The van der Waals surface area contributed by atoms with Crippen LogP contribution in [0, 0.1) is 0 Å². The minimum absolute atomic E-state index is 0.108. The number of anilines is 1. The van der Waals surface area contributed by atoms with Crippen LogP contribution < -0.4 is 16.0 Å². The van der Waals surface area contributed by atoms with E-state index >= 15 is 0 Å². The first kappa shape index (κ1) is 15.1. The molecular weight excluding hydrogens is 294 g/mol. The lowest BCUT2D eigenvalue weighted by Gasteiger charge is -2.10. The zero-order chi connectivity index (χ0) is 16.4. The first-order chi connectivity index (χ1) is 11.0. The highest BCUT2D eigenvalue weighted by molar-refractivity contribution is 6.01. The smallest absolute Gasteiger partial charge is 0.319 e. The third-order valence-corrected chi connectivity index (χ3v) is 3.72. The highest BCUT2D eigenvalue weighted by Crippen LogP contribution is 2.23. The van der Waals surface area contributed by atoms with Gasteiger partial charge in [-0.25, -0.2) is 4.79 Å². The molecule has 7 nitrogen and oxygen atoms in total. The van der Waals surface area contributed by atoms with Gasteiger partial charge in [-0.15, -0.1) is 0 Å². The summed E-state index contributed by atoms with van der Waals surface area (Å²) in [5.74, 6) is -0.108. The number of urea groups is 1. The minimum Gasteiger partial charge on any atom is -0.348 e. The molecule has 0 atom stereocenters. The van der Waals surface area contributed by atoms with Gasteiger partial charge in [0, 0.05) is 35.6 Å². The van der Waals surface area contributed by atoms with Gasteiger partial charge in [0.15, 0.2) is 0 Å². The second kappa shape index (κ2) is 6.12. The van der Waals surface area contributed by atoms with Crippen LogP contribution in [-0.4, -0.2) is 21.7 Å². The van der Waals surface area contributed by atoms with Crippen LogP contribution in [0.1, 0.15) is 41.5 Å². The lowest BCUT2D eigenvalue weighted by atomic mass is 10.1. The van der Waals surface area contributed by atoms with Gasteiger partial charge >= 0.3 is 6.03 Å². The van der Waals surface area contributed by atoms with Crippen LogP contribution in [0.3, 0.4) is 0 Å². The van der Waals surface area contributed by atoms with Gasteiger partial charge in [0.05, 0.1) is 12.2 Å². The van der Waals surface area contributed by atoms with Crippen LogP contribution in [0.5, 0.6) is 0 Å². The van der Waals surface area contributed by atoms with Crippen LogP contribution in [0.15, 0.2) is 30.5 Å². The number of hydrogen-bond donors (Lipinski definition) is 3. The van der Waals surface area contributed by atoms with Crippen molar-refractivity contribution in [1.29, 1.82) is 0 Å². The lowest BCUT2D eigenvalue weighted by molar-refractivity contribution is 0.0965. The van der Waals surface area contributed by atoms with Crippen molar-refractivity contribution >= 4 is 17.6 Å². The van der Waals surface area contributed by atoms with Crippen molar-refractivity contribution in [3.05, 3.63) is 47.3 Å². The molecule has 2 aromatic rings. The maximum absolute atomic E-state index is 12.0. The molecule has 0 saturated heterocycles. The SMILES string of the molecule is CC(C)n1ccc(CNC(=O)Nc2cccc3c2CNC3=O)n1. The van der Waals surface area contributed by atoms with Crippen LogP contribution in [0.25, 0.3) is 0 Å². The predicted molar refractivity (Wildman–Crippen MR) is 86.1 cm³/mol. The Balaban J connectivity index is 1.61. The molecule has 23 heavy (non-hydrogen) atoms. The van der Waals surface area contributed by atoms with Gasteiger partial charge < -0.3 is 16.0 Å². The van der Waals surface area contributed by atoms with Crippen LogP contribution >= 0.6 is 0 Å². The van der Waals surface area contributed by atoms with E-state index in [1.165, 1.54) is 0 Å². The molecule has 120 valence electrons. The molecule has 1 aliphatic heterocycles. The average molecular weight is 313 g/mol. The topological polar surface area (TPSA) is 88.0 Å². The molecule has 0 radical (unpaired) electrons. The number of nitrogens with zero attached hydrogens (tertiary/aromatic N) is 2. The first-order valence-electron chi connectivity index (χ1n) is 7.53. The summed E-state index contributed by atoms with van der Waals surface area (Å²) in [5, 5.41) is 12.7. The summed E-state index contributed by atoms with van der Waals surface area (Å²) in [7, 11) is 0. The summed E-state index contributed by atoms with van der Waals surface area (Å²) in [6.07, 6.45) is 1.89. The zero-order valence-electron chi connectivity index (χ0n) is 13.1. The van der Waals surface area contributed by atoms with Crippen molar-refractivity contribution in [1.82, 2.24) is 20.4 Å². The molecule has 1 aliphatic rings. The monoisotopic (exact) mass is 313 g/mol. The molecule has 1 aromatic heterocycles. The predicted octanol–water partition coefficient (Wildman–Crippen LogP) is 2.03. The molecule has 3 rings (SSSR count). The largest absolute Gasteiger partial charge is 0.348 e. The Hall–Kier alpha value is -2.83. The Bertz CT molecular complexity index is 751. The number of rotatable bonds is 4. The first-order valence-corrected chi connectivity index (χ1v) is 7.53. The Morgan fingerprint density at radius 2 is 2.22 bits per heavy atom. The number of benzene rings is 1. The number of hydrogen-bond acceptors (Lipinski definition) is 3.